The summed E-state index contributed by atoms with van der Waals surface area (Å²) in [7, 11) is 1.45. The molecule has 0 radical (unpaired) electrons. The zero-order valence-electron chi connectivity index (χ0n) is 11.2. The van der Waals surface area contributed by atoms with Gasteiger partial charge in [0.15, 0.2) is 5.82 Å². The van der Waals surface area contributed by atoms with Crippen molar-refractivity contribution in [1.82, 2.24) is 4.90 Å². The molecule has 1 fully saturated rings. The molecule has 0 bridgehead atoms. The molecule has 1 aromatic rings. The second-order valence-electron chi connectivity index (χ2n) is 4.63. The molecule has 0 saturated carbocycles. The van der Waals surface area contributed by atoms with E-state index in [9.17, 15) is 14.0 Å². The molecule has 8 heteroatoms. The number of ether oxygens (including phenoxy) is 1. The number of hydrogen-bond donors (Lipinski definition) is 2. The van der Waals surface area contributed by atoms with Crippen LogP contribution >= 0.6 is 11.6 Å². The largest absolute Gasteiger partial charge is 0.480 e. The first-order valence-electron chi connectivity index (χ1n) is 6.21. The molecule has 2 unspecified atom stereocenters. The zero-order valence-corrected chi connectivity index (χ0v) is 11.9. The van der Waals surface area contributed by atoms with Crippen LogP contribution in [-0.2, 0) is 9.53 Å². The monoisotopic (exact) mass is 316 g/mol. The molecular formula is C13H14ClFN2O4. The van der Waals surface area contributed by atoms with Crippen LogP contribution in [0, 0.1) is 5.82 Å². The third kappa shape index (κ3) is 3.25. The van der Waals surface area contributed by atoms with Gasteiger partial charge in [-0.15, -0.1) is 0 Å². The van der Waals surface area contributed by atoms with Gasteiger partial charge < -0.3 is 20.1 Å². The summed E-state index contributed by atoms with van der Waals surface area (Å²) in [5, 5.41) is 11.3. The molecule has 2 amide bonds. The maximum Gasteiger partial charge on any atom is 0.326 e. The number of likely N-dealkylation sites (tertiary alicyclic amines) is 1. The van der Waals surface area contributed by atoms with E-state index in [4.69, 9.17) is 21.4 Å². The molecule has 114 valence electrons. The smallest absolute Gasteiger partial charge is 0.326 e. The molecular weight excluding hydrogens is 303 g/mol. The number of carbonyl (C=O) groups excluding carboxylic acids is 1. The number of benzene rings is 1. The lowest BCUT2D eigenvalue weighted by Gasteiger charge is -2.21. The summed E-state index contributed by atoms with van der Waals surface area (Å²) in [6.45, 7) is 0.126. The summed E-state index contributed by atoms with van der Waals surface area (Å²) in [4.78, 5) is 24.4. The van der Waals surface area contributed by atoms with Crippen molar-refractivity contribution in [2.45, 2.75) is 18.6 Å². The summed E-state index contributed by atoms with van der Waals surface area (Å²) in [5.41, 5.74) is -0.0995. The van der Waals surface area contributed by atoms with Crippen LogP contribution in [0.15, 0.2) is 18.2 Å². The number of rotatable bonds is 3. The minimum absolute atomic E-state index is 0.0995. The van der Waals surface area contributed by atoms with Crippen LogP contribution in [0.5, 0.6) is 0 Å². The van der Waals surface area contributed by atoms with E-state index in [1.54, 1.807) is 0 Å². The Morgan fingerprint density at radius 3 is 2.86 bits per heavy atom. The van der Waals surface area contributed by atoms with Crippen LogP contribution in [0.2, 0.25) is 5.02 Å². The van der Waals surface area contributed by atoms with E-state index in [2.05, 4.69) is 5.32 Å². The molecule has 1 saturated heterocycles. The predicted octanol–water partition coefficient (Wildman–Crippen LogP) is 2.18. The van der Waals surface area contributed by atoms with Gasteiger partial charge in [-0.25, -0.2) is 14.0 Å². The van der Waals surface area contributed by atoms with Crippen molar-refractivity contribution in [2.24, 2.45) is 0 Å². The van der Waals surface area contributed by atoms with Crippen molar-refractivity contribution < 1.29 is 23.8 Å². The first-order valence-corrected chi connectivity index (χ1v) is 6.59. The fourth-order valence-corrected chi connectivity index (χ4v) is 2.39. The quantitative estimate of drug-likeness (QED) is 0.896. The molecule has 1 aliphatic rings. The first-order chi connectivity index (χ1) is 9.93. The lowest BCUT2D eigenvalue weighted by Crippen LogP contribution is -2.43. The third-order valence-electron chi connectivity index (χ3n) is 3.34. The van der Waals surface area contributed by atoms with Crippen molar-refractivity contribution in [2.75, 3.05) is 19.0 Å². The zero-order chi connectivity index (χ0) is 15.6. The topological polar surface area (TPSA) is 78.9 Å². The summed E-state index contributed by atoms with van der Waals surface area (Å²) in [6, 6.07) is 2.47. The number of nitrogens with zero attached hydrogens (tertiary/aromatic N) is 1. The summed E-state index contributed by atoms with van der Waals surface area (Å²) in [5.74, 6) is -1.89. The number of halogens is 2. The fourth-order valence-electron chi connectivity index (χ4n) is 2.21. The molecule has 21 heavy (non-hydrogen) atoms. The molecule has 1 heterocycles. The second kappa shape index (κ2) is 6.28. The van der Waals surface area contributed by atoms with E-state index in [0.29, 0.717) is 0 Å². The van der Waals surface area contributed by atoms with Gasteiger partial charge in [0.1, 0.15) is 6.04 Å². The van der Waals surface area contributed by atoms with Crippen molar-refractivity contribution in [3.63, 3.8) is 0 Å². The highest BCUT2D eigenvalue weighted by Crippen LogP contribution is 2.25. The van der Waals surface area contributed by atoms with Crippen LogP contribution in [-0.4, -0.2) is 47.8 Å². The van der Waals surface area contributed by atoms with Gasteiger partial charge in [0, 0.05) is 20.1 Å². The Kier molecular flexibility index (Phi) is 4.64. The molecule has 2 atom stereocenters. The van der Waals surface area contributed by atoms with Crippen LogP contribution in [0.3, 0.4) is 0 Å². The number of carboxylic acid groups (broad SMARTS) is 1. The lowest BCUT2D eigenvalue weighted by atomic mass is 10.2. The number of urea groups is 1. The van der Waals surface area contributed by atoms with Crippen LogP contribution < -0.4 is 5.32 Å². The standard InChI is InChI=1S/C13H14ClFN2O4/c1-21-7-5-10(12(18)19)17(6-7)13(20)16-9-4-2-3-8(14)11(9)15/h2-4,7,10H,5-6H2,1H3,(H,16,20)(H,18,19). The fraction of sp³-hybridized carbons (Fsp3) is 0.385. The Labute approximate surface area is 125 Å². The van der Waals surface area contributed by atoms with Gasteiger partial charge in [-0.1, -0.05) is 17.7 Å². The van der Waals surface area contributed by atoms with Crippen molar-refractivity contribution in [3.8, 4) is 0 Å². The minimum Gasteiger partial charge on any atom is -0.480 e. The first kappa shape index (κ1) is 15.5. The Bertz CT molecular complexity index is 569. The van der Waals surface area contributed by atoms with Gasteiger partial charge in [0.2, 0.25) is 0 Å². The number of methoxy groups -OCH3 is 1. The van der Waals surface area contributed by atoms with E-state index in [1.807, 2.05) is 0 Å². The van der Waals surface area contributed by atoms with Gasteiger partial charge in [0.25, 0.3) is 0 Å². The van der Waals surface area contributed by atoms with Crippen LogP contribution in [0.4, 0.5) is 14.9 Å². The highest BCUT2D eigenvalue weighted by atomic mass is 35.5. The molecule has 0 aliphatic carbocycles. The maximum absolute atomic E-state index is 13.7. The van der Waals surface area contributed by atoms with E-state index in [1.165, 1.54) is 25.3 Å². The summed E-state index contributed by atoms with van der Waals surface area (Å²) in [6.07, 6.45) is -0.168. The van der Waals surface area contributed by atoms with Crippen molar-refractivity contribution in [3.05, 3.63) is 29.0 Å². The molecule has 2 N–H and O–H groups in total. The number of carbonyl (C=O) groups is 2. The number of nitrogens with one attached hydrogen (secondary N) is 1. The lowest BCUT2D eigenvalue weighted by molar-refractivity contribution is -0.141. The summed E-state index contributed by atoms with van der Waals surface area (Å²) >= 11 is 5.63. The average Bonchev–Trinajstić information content (AvgIpc) is 2.88. The van der Waals surface area contributed by atoms with Crippen LogP contribution in [0.25, 0.3) is 0 Å². The van der Waals surface area contributed by atoms with Gasteiger partial charge in [-0.2, -0.15) is 0 Å². The average molecular weight is 317 g/mol. The van der Waals surface area contributed by atoms with Crippen molar-refractivity contribution >= 4 is 29.3 Å². The van der Waals surface area contributed by atoms with E-state index in [0.717, 1.165) is 4.90 Å². The van der Waals surface area contributed by atoms with E-state index in [-0.39, 0.29) is 29.8 Å². The molecule has 6 nitrogen and oxygen atoms in total. The number of aliphatic carboxylic acids is 1. The number of amides is 2. The number of carboxylic acids is 1. The maximum atomic E-state index is 13.7. The van der Waals surface area contributed by atoms with Gasteiger partial charge >= 0.3 is 12.0 Å². The predicted molar refractivity (Wildman–Crippen MR) is 74.0 cm³/mol. The molecule has 1 aliphatic heterocycles. The molecule has 0 aromatic heterocycles. The SMILES string of the molecule is COC1CC(C(=O)O)N(C(=O)Nc2cccc(Cl)c2F)C1. The number of anilines is 1. The normalized spacial score (nSPS) is 21.4. The van der Waals surface area contributed by atoms with Gasteiger partial charge in [-0.05, 0) is 12.1 Å². The number of hydrogen-bond acceptors (Lipinski definition) is 3. The van der Waals surface area contributed by atoms with E-state index >= 15 is 0 Å². The van der Waals surface area contributed by atoms with E-state index < -0.39 is 23.9 Å². The minimum atomic E-state index is -1.13. The molecule has 0 spiro atoms. The molecule has 2 rings (SSSR count). The van der Waals surface area contributed by atoms with Crippen LogP contribution in [0.1, 0.15) is 6.42 Å². The highest BCUT2D eigenvalue weighted by molar-refractivity contribution is 6.31. The Balaban J connectivity index is 2.15. The van der Waals surface area contributed by atoms with Gasteiger partial charge in [-0.3, -0.25) is 0 Å². The highest BCUT2D eigenvalue weighted by Gasteiger charge is 2.40. The third-order valence-corrected chi connectivity index (χ3v) is 3.63. The Morgan fingerprint density at radius 2 is 2.24 bits per heavy atom. The molecule has 1 aromatic carbocycles. The second-order valence-corrected chi connectivity index (χ2v) is 5.04. The summed E-state index contributed by atoms with van der Waals surface area (Å²) < 4.78 is 18.8. The Morgan fingerprint density at radius 1 is 1.52 bits per heavy atom. The van der Waals surface area contributed by atoms with Crippen molar-refractivity contribution in [1.29, 1.82) is 0 Å². The Hall–Kier alpha value is -1.86. The van der Waals surface area contributed by atoms with Gasteiger partial charge in [0.05, 0.1) is 16.8 Å².